The summed E-state index contributed by atoms with van der Waals surface area (Å²) in [6, 6.07) is 0. The number of carbonyl (C=O) groups is 2. The second-order valence-electron chi connectivity index (χ2n) is 2.40. The fourth-order valence-electron chi connectivity index (χ4n) is 0.741. The Bertz CT molecular complexity index is 366. The molecule has 7 heteroatoms. The van der Waals surface area contributed by atoms with Crippen LogP contribution in [0.3, 0.4) is 0 Å². The first-order chi connectivity index (χ1) is 7.13. The van der Waals surface area contributed by atoms with Crippen LogP contribution in [0.1, 0.15) is 6.92 Å². The highest BCUT2D eigenvalue weighted by Crippen LogP contribution is 2.05. The second kappa shape index (κ2) is 5.40. The lowest BCUT2D eigenvalue weighted by Gasteiger charge is -2.02. The predicted molar refractivity (Wildman–Crippen MR) is 55.0 cm³/mol. The molecule has 0 saturated carbocycles. The Labute approximate surface area is 94.2 Å². The Hall–Kier alpha value is -1.50. The zero-order valence-corrected chi connectivity index (χ0v) is 9.44. The van der Waals surface area contributed by atoms with E-state index >= 15 is 0 Å². The van der Waals surface area contributed by atoms with E-state index in [1.165, 1.54) is 12.4 Å². The number of amides is 1. The maximum atomic E-state index is 11.1. The minimum Gasteiger partial charge on any atom is -0.459 e. The first-order valence-corrected chi connectivity index (χ1v) is 4.88. The largest absolute Gasteiger partial charge is 0.459 e. The highest BCUT2D eigenvalue weighted by atomic mass is 79.9. The Morgan fingerprint density at radius 1 is 1.47 bits per heavy atom. The van der Waals surface area contributed by atoms with E-state index in [2.05, 4.69) is 36.0 Å². The molecule has 80 valence electrons. The summed E-state index contributed by atoms with van der Waals surface area (Å²) < 4.78 is 5.03. The Morgan fingerprint density at radius 2 is 2.20 bits per heavy atom. The summed E-state index contributed by atoms with van der Waals surface area (Å²) in [7, 11) is 0. The minimum atomic E-state index is -0.942. The van der Waals surface area contributed by atoms with E-state index < -0.39 is 11.9 Å². The van der Waals surface area contributed by atoms with Crippen molar-refractivity contribution in [1.29, 1.82) is 0 Å². The molecular formula is C8H8BrN3O3. The van der Waals surface area contributed by atoms with Gasteiger partial charge in [0, 0.05) is 0 Å². The lowest BCUT2D eigenvalue weighted by atomic mass is 10.5. The maximum Gasteiger partial charge on any atom is 0.397 e. The average Bonchev–Trinajstić information content (AvgIpc) is 2.22. The van der Waals surface area contributed by atoms with Gasteiger partial charge in [0.15, 0.2) is 5.82 Å². The van der Waals surface area contributed by atoms with Crippen molar-refractivity contribution in [3.8, 4) is 0 Å². The molecule has 1 aromatic heterocycles. The molecule has 1 aromatic rings. The van der Waals surface area contributed by atoms with Crippen molar-refractivity contribution in [2.45, 2.75) is 6.92 Å². The van der Waals surface area contributed by atoms with E-state index in [-0.39, 0.29) is 12.4 Å². The first kappa shape index (κ1) is 11.6. The van der Waals surface area contributed by atoms with E-state index in [4.69, 9.17) is 0 Å². The highest BCUT2D eigenvalue weighted by molar-refractivity contribution is 9.10. The molecule has 1 N–H and O–H groups in total. The number of ether oxygens (including phenoxy) is 1. The highest BCUT2D eigenvalue weighted by Gasteiger charge is 2.15. The number of nitrogens with zero attached hydrogens (tertiary/aromatic N) is 2. The van der Waals surface area contributed by atoms with E-state index in [1.807, 2.05) is 0 Å². The number of rotatable bonds is 2. The molecule has 0 saturated heterocycles. The molecule has 0 aliphatic heterocycles. The second-order valence-corrected chi connectivity index (χ2v) is 3.21. The number of carbonyl (C=O) groups excluding carboxylic acids is 2. The maximum absolute atomic E-state index is 11.1. The molecule has 6 nitrogen and oxygen atoms in total. The van der Waals surface area contributed by atoms with Gasteiger partial charge in [-0.2, -0.15) is 0 Å². The summed E-state index contributed by atoms with van der Waals surface area (Å²) in [6.07, 6.45) is 2.72. The fourth-order valence-corrected chi connectivity index (χ4v) is 0.946. The first-order valence-electron chi connectivity index (χ1n) is 4.09. The van der Waals surface area contributed by atoms with Crippen LogP contribution in [0.4, 0.5) is 5.82 Å². The normalized spacial score (nSPS) is 9.47. The molecular weight excluding hydrogens is 266 g/mol. The molecule has 1 heterocycles. The molecule has 1 rings (SSSR count). The number of hydrogen-bond donors (Lipinski definition) is 1. The van der Waals surface area contributed by atoms with E-state index in [1.54, 1.807) is 6.92 Å². The molecule has 15 heavy (non-hydrogen) atoms. The summed E-state index contributed by atoms with van der Waals surface area (Å²) in [5.74, 6) is -1.62. The van der Waals surface area contributed by atoms with Crippen LogP contribution < -0.4 is 5.32 Å². The molecule has 1 amide bonds. The van der Waals surface area contributed by atoms with Crippen LogP contribution in [0.2, 0.25) is 0 Å². The summed E-state index contributed by atoms with van der Waals surface area (Å²) >= 11 is 3.09. The number of anilines is 1. The quantitative estimate of drug-likeness (QED) is 0.635. The minimum absolute atomic E-state index is 0.151. The van der Waals surface area contributed by atoms with Gasteiger partial charge < -0.3 is 4.74 Å². The number of esters is 1. The third-order valence-electron chi connectivity index (χ3n) is 1.32. The van der Waals surface area contributed by atoms with Crippen molar-refractivity contribution in [2.75, 3.05) is 11.9 Å². The smallest absolute Gasteiger partial charge is 0.397 e. The van der Waals surface area contributed by atoms with Gasteiger partial charge in [0.1, 0.15) is 4.60 Å². The van der Waals surface area contributed by atoms with Crippen LogP contribution in [-0.2, 0) is 14.3 Å². The number of nitrogens with one attached hydrogen (secondary N) is 1. The summed E-state index contributed by atoms with van der Waals surface area (Å²) in [5.41, 5.74) is 0. The monoisotopic (exact) mass is 273 g/mol. The lowest BCUT2D eigenvalue weighted by molar-refractivity contribution is -0.152. The fraction of sp³-hybridized carbons (Fsp3) is 0.250. The standard InChI is InChI=1S/C8H8BrN3O3/c1-2-15-8(14)7(13)12-6-4-10-5(9)3-11-6/h3-4H,2H2,1H3,(H,11,12,13). The van der Waals surface area contributed by atoms with Crippen LogP contribution in [0.15, 0.2) is 17.0 Å². The average molecular weight is 274 g/mol. The van der Waals surface area contributed by atoms with Crippen LogP contribution >= 0.6 is 15.9 Å². The summed E-state index contributed by atoms with van der Waals surface area (Å²) in [5, 5.41) is 2.25. The van der Waals surface area contributed by atoms with Gasteiger partial charge in [-0.15, -0.1) is 0 Å². The van der Waals surface area contributed by atoms with Gasteiger partial charge in [-0.05, 0) is 22.9 Å². The van der Waals surface area contributed by atoms with Crippen molar-refractivity contribution in [2.24, 2.45) is 0 Å². The van der Waals surface area contributed by atoms with Crippen molar-refractivity contribution >= 4 is 33.6 Å². The summed E-state index contributed by atoms with van der Waals surface area (Å²) in [4.78, 5) is 29.7. The van der Waals surface area contributed by atoms with E-state index in [0.717, 1.165) is 0 Å². The van der Waals surface area contributed by atoms with E-state index in [9.17, 15) is 9.59 Å². The molecule has 0 spiro atoms. The van der Waals surface area contributed by atoms with Crippen LogP contribution in [0, 0.1) is 0 Å². The van der Waals surface area contributed by atoms with Gasteiger partial charge in [-0.3, -0.25) is 10.1 Å². The van der Waals surface area contributed by atoms with Crippen molar-refractivity contribution in [1.82, 2.24) is 9.97 Å². The zero-order valence-electron chi connectivity index (χ0n) is 7.86. The molecule has 0 aliphatic rings. The lowest BCUT2D eigenvalue weighted by Crippen LogP contribution is -2.25. The SMILES string of the molecule is CCOC(=O)C(=O)Nc1cnc(Br)cn1. The van der Waals surface area contributed by atoms with E-state index in [0.29, 0.717) is 4.60 Å². The molecule has 0 radical (unpaired) electrons. The number of halogens is 1. The molecule has 0 aromatic carbocycles. The zero-order chi connectivity index (χ0) is 11.3. The third kappa shape index (κ3) is 3.62. The van der Waals surface area contributed by atoms with Crippen LogP contribution in [0.5, 0.6) is 0 Å². The topological polar surface area (TPSA) is 81.2 Å². The van der Waals surface area contributed by atoms with Crippen LogP contribution in [0.25, 0.3) is 0 Å². The van der Waals surface area contributed by atoms with Crippen molar-refractivity contribution in [3.63, 3.8) is 0 Å². The Morgan fingerprint density at radius 3 is 2.73 bits per heavy atom. The Kier molecular flexibility index (Phi) is 4.17. The molecule has 0 bridgehead atoms. The third-order valence-corrected chi connectivity index (χ3v) is 1.73. The van der Waals surface area contributed by atoms with Crippen molar-refractivity contribution in [3.05, 3.63) is 17.0 Å². The summed E-state index contributed by atoms with van der Waals surface area (Å²) in [6.45, 7) is 1.77. The molecule has 0 unspecified atom stereocenters. The molecule has 0 atom stereocenters. The van der Waals surface area contributed by atoms with Crippen molar-refractivity contribution < 1.29 is 14.3 Å². The van der Waals surface area contributed by atoms with Gasteiger partial charge >= 0.3 is 11.9 Å². The van der Waals surface area contributed by atoms with Gasteiger partial charge in [0.05, 0.1) is 19.0 Å². The van der Waals surface area contributed by atoms with Gasteiger partial charge in [0.25, 0.3) is 0 Å². The predicted octanol–water partition coefficient (Wildman–Crippen LogP) is 0.741. The van der Waals surface area contributed by atoms with Crippen LogP contribution in [-0.4, -0.2) is 28.5 Å². The van der Waals surface area contributed by atoms with Gasteiger partial charge in [-0.1, -0.05) is 0 Å². The number of hydrogen-bond acceptors (Lipinski definition) is 5. The van der Waals surface area contributed by atoms with Gasteiger partial charge in [0.2, 0.25) is 0 Å². The molecule has 0 aliphatic carbocycles. The molecule has 0 fully saturated rings. The van der Waals surface area contributed by atoms with Gasteiger partial charge in [-0.25, -0.2) is 14.8 Å². The Balaban J connectivity index is 2.58. The number of aromatic nitrogens is 2.